The Morgan fingerprint density at radius 3 is 2.67 bits per heavy atom. The molecule has 1 atom stereocenters. The summed E-state index contributed by atoms with van der Waals surface area (Å²) in [6.07, 6.45) is 4.03. The summed E-state index contributed by atoms with van der Waals surface area (Å²) in [5, 5.41) is 9.86. The van der Waals surface area contributed by atoms with Crippen molar-refractivity contribution in [3.8, 4) is 0 Å². The number of ether oxygens (including phenoxy) is 1. The van der Waals surface area contributed by atoms with Crippen molar-refractivity contribution < 1.29 is 19.0 Å². The first-order chi connectivity index (χ1) is 13.0. The van der Waals surface area contributed by atoms with E-state index in [4.69, 9.17) is 4.74 Å². The number of halogens is 1. The molecule has 1 aromatic carbocycles. The Balaban J connectivity index is 1.75. The molecule has 1 aromatic rings. The van der Waals surface area contributed by atoms with Crippen LogP contribution in [0.5, 0.6) is 0 Å². The van der Waals surface area contributed by atoms with Gasteiger partial charge in [-0.15, -0.1) is 0 Å². The first-order valence-corrected chi connectivity index (χ1v) is 9.53. The molecule has 6 heteroatoms. The fraction of sp³-hybridized carbons (Fsp3) is 0.476. The fourth-order valence-electron chi connectivity index (χ4n) is 4.11. The van der Waals surface area contributed by atoms with Gasteiger partial charge in [-0.2, -0.15) is 0 Å². The van der Waals surface area contributed by atoms with E-state index >= 15 is 0 Å². The van der Waals surface area contributed by atoms with Crippen molar-refractivity contribution in [2.75, 3.05) is 26.3 Å². The Morgan fingerprint density at radius 1 is 1.30 bits per heavy atom. The van der Waals surface area contributed by atoms with E-state index < -0.39 is 5.97 Å². The second kappa shape index (κ2) is 7.44. The van der Waals surface area contributed by atoms with Crippen LogP contribution in [-0.2, 0) is 16.1 Å². The van der Waals surface area contributed by atoms with Crippen LogP contribution in [0.1, 0.15) is 25.3 Å². The van der Waals surface area contributed by atoms with Gasteiger partial charge in [0.15, 0.2) is 0 Å². The van der Waals surface area contributed by atoms with Gasteiger partial charge in [0.2, 0.25) is 0 Å². The zero-order valence-corrected chi connectivity index (χ0v) is 15.5. The van der Waals surface area contributed by atoms with Crippen LogP contribution >= 0.6 is 0 Å². The van der Waals surface area contributed by atoms with E-state index in [1.165, 1.54) is 12.1 Å². The monoisotopic (exact) mass is 372 g/mol. The van der Waals surface area contributed by atoms with Crippen LogP contribution in [-0.4, -0.2) is 53.3 Å². The van der Waals surface area contributed by atoms with Crippen LogP contribution in [0, 0.1) is 11.7 Å². The Labute approximate surface area is 158 Å². The average molecular weight is 372 g/mol. The molecular formula is C21H25FN2O3. The molecular weight excluding hydrogens is 347 g/mol. The highest BCUT2D eigenvalue weighted by atomic mass is 19.1. The maximum atomic E-state index is 13.7. The number of nitrogens with zero attached hydrogens (tertiary/aromatic N) is 2. The second-order valence-electron chi connectivity index (χ2n) is 7.51. The van der Waals surface area contributed by atoms with Gasteiger partial charge in [-0.05, 0) is 55.0 Å². The third kappa shape index (κ3) is 3.77. The summed E-state index contributed by atoms with van der Waals surface area (Å²) in [7, 11) is 0. The number of morpholine rings is 1. The van der Waals surface area contributed by atoms with E-state index in [0.717, 1.165) is 42.8 Å². The predicted octanol–water partition coefficient (Wildman–Crippen LogP) is 2.99. The molecule has 0 aromatic heterocycles. The van der Waals surface area contributed by atoms with E-state index in [-0.39, 0.29) is 17.9 Å². The molecule has 2 fully saturated rings. The van der Waals surface area contributed by atoms with Gasteiger partial charge in [0.1, 0.15) is 12.0 Å². The van der Waals surface area contributed by atoms with E-state index in [9.17, 15) is 14.3 Å². The topological polar surface area (TPSA) is 53.0 Å². The van der Waals surface area contributed by atoms with Crippen LogP contribution in [0.2, 0.25) is 0 Å². The quantitative estimate of drug-likeness (QED) is 0.861. The lowest BCUT2D eigenvalue weighted by Gasteiger charge is -2.45. The highest BCUT2D eigenvalue weighted by Crippen LogP contribution is 2.45. The third-order valence-electron chi connectivity index (χ3n) is 5.52. The summed E-state index contributed by atoms with van der Waals surface area (Å²) in [6, 6.07) is 6.57. The summed E-state index contributed by atoms with van der Waals surface area (Å²) in [4.78, 5) is 16.5. The van der Waals surface area contributed by atoms with Crippen molar-refractivity contribution in [1.29, 1.82) is 0 Å². The van der Waals surface area contributed by atoms with Crippen LogP contribution in [0.4, 0.5) is 4.39 Å². The highest BCUT2D eigenvalue weighted by molar-refractivity contribution is 5.93. The molecule has 0 radical (unpaired) electrons. The molecule has 1 saturated heterocycles. The first-order valence-electron chi connectivity index (χ1n) is 9.53. The zero-order chi connectivity index (χ0) is 19.0. The minimum atomic E-state index is -0.879. The summed E-state index contributed by atoms with van der Waals surface area (Å²) < 4.78 is 19.2. The lowest BCUT2D eigenvalue weighted by Crippen LogP contribution is -2.52. The van der Waals surface area contributed by atoms with Gasteiger partial charge in [0.05, 0.1) is 18.8 Å². The number of hydrogen-bond donors (Lipinski definition) is 1. The molecule has 144 valence electrons. The van der Waals surface area contributed by atoms with Gasteiger partial charge in [-0.3, -0.25) is 4.90 Å². The van der Waals surface area contributed by atoms with Gasteiger partial charge in [-0.25, -0.2) is 9.18 Å². The van der Waals surface area contributed by atoms with E-state index in [2.05, 4.69) is 9.80 Å². The van der Waals surface area contributed by atoms with E-state index in [0.29, 0.717) is 25.3 Å². The van der Waals surface area contributed by atoms with Crippen molar-refractivity contribution >= 4 is 5.97 Å². The molecule has 0 spiro atoms. The Morgan fingerprint density at radius 2 is 2.04 bits per heavy atom. The van der Waals surface area contributed by atoms with Gasteiger partial charge in [0, 0.05) is 25.3 Å². The number of carbonyl (C=O) groups is 1. The van der Waals surface area contributed by atoms with Crippen molar-refractivity contribution in [3.05, 3.63) is 58.6 Å². The van der Waals surface area contributed by atoms with Crippen LogP contribution < -0.4 is 0 Å². The molecule has 2 aliphatic heterocycles. The minimum Gasteiger partial charge on any atom is -0.478 e. The summed E-state index contributed by atoms with van der Waals surface area (Å²) in [6.45, 7) is 5.32. The highest BCUT2D eigenvalue weighted by Gasteiger charge is 2.41. The molecule has 0 bridgehead atoms. The maximum absolute atomic E-state index is 13.7. The van der Waals surface area contributed by atoms with Crippen molar-refractivity contribution in [2.45, 2.75) is 32.5 Å². The molecule has 1 saturated carbocycles. The molecule has 2 heterocycles. The van der Waals surface area contributed by atoms with Crippen molar-refractivity contribution in [2.24, 2.45) is 5.92 Å². The molecule has 3 aliphatic rings. The van der Waals surface area contributed by atoms with E-state index in [1.54, 1.807) is 6.07 Å². The molecule has 1 N–H and O–H groups in total. The van der Waals surface area contributed by atoms with Gasteiger partial charge in [-0.1, -0.05) is 12.1 Å². The molecule has 1 unspecified atom stereocenters. The SMILES string of the molecule is CC1=CC(N2CCOCC2)N(Cc2cccc(F)c2)C(C2CC2)=C1C(=O)O. The Bertz CT molecular complexity index is 794. The number of benzene rings is 1. The van der Waals surface area contributed by atoms with E-state index in [1.807, 2.05) is 19.1 Å². The lowest BCUT2D eigenvalue weighted by molar-refractivity contribution is -0.132. The van der Waals surface area contributed by atoms with Crippen LogP contribution in [0.15, 0.2) is 47.2 Å². The second-order valence-corrected chi connectivity index (χ2v) is 7.51. The Kier molecular flexibility index (Phi) is 5.02. The molecule has 4 rings (SSSR count). The number of carboxylic acids is 1. The number of carboxylic acid groups (broad SMARTS) is 1. The normalized spacial score (nSPS) is 24.1. The lowest BCUT2D eigenvalue weighted by atomic mass is 9.95. The summed E-state index contributed by atoms with van der Waals surface area (Å²) in [5.74, 6) is -0.873. The minimum absolute atomic E-state index is 0.0316. The number of aliphatic carboxylic acids is 1. The predicted molar refractivity (Wildman–Crippen MR) is 99.3 cm³/mol. The number of rotatable bonds is 5. The fourth-order valence-corrected chi connectivity index (χ4v) is 4.11. The third-order valence-corrected chi connectivity index (χ3v) is 5.52. The van der Waals surface area contributed by atoms with Crippen molar-refractivity contribution in [1.82, 2.24) is 9.80 Å². The van der Waals surface area contributed by atoms with Gasteiger partial charge < -0.3 is 14.7 Å². The van der Waals surface area contributed by atoms with Gasteiger partial charge >= 0.3 is 5.97 Å². The standard InChI is InChI=1S/C21H25FN2O3/c1-14-11-18(23-7-9-27-10-8-23)24(13-15-3-2-4-17(22)12-15)20(16-5-6-16)19(14)21(25)26/h2-4,11-12,16,18H,5-10,13H2,1H3,(H,25,26). The van der Waals surface area contributed by atoms with Crippen molar-refractivity contribution in [3.63, 3.8) is 0 Å². The largest absolute Gasteiger partial charge is 0.478 e. The molecule has 1 aliphatic carbocycles. The van der Waals surface area contributed by atoms with Gasteiger partial charge in [0.25, 0.3) is 0 Å². The zero-order valence-electron chi connectivity index (χ0n) is 15.5. The molecule has 0 amide bonds. The molecule has 5 nitrogen and oxygen atoms in total. The maximum Gasteiger partial charge on any atom is 0.337 e. The summed E-state index contributed by atoms with van der Waals surface area (Å²) >= 11 is 0. The van der Waals surface area contributed by atoms with Crippen LogP contribution in [0.3, 0.4) is 0 Å². The van der Waals surface area contributed by atoms with Crippen LogP contribution in [0.25, 0.3) is 0 Å². The smallest absolute Gasteiger partial charge is 0.337 e. The first kappa shape index (κ1) is 18.2. The average Bonchev–Trinajstić information content (AvgIpc) is 3.48. The number of allylic oxidation sites excluding steroid dienone is 1. The number of hydrogen-bond acceptors (Lipinski definition) is 4. The summed E-state index contributed by atoms with van der Waals surface area (Å²) in [5.41, 5.74) is 2.99. The molecule has 27 heavy (non-hydrogen) atoms. The Hall–Kier alpha value is -2.18.